The molecule has 3 heterocycles. The van der Waals surface area contributed by atoms with Crippen LogP contribution >= 0.6 is 22.9 Å². The monoisotopic (exact) mass is 450 g/mol. The van der Waals surface area contributed by atoms with E-state index in [1.807, 2.05) is 0 Å². The molecule has 0 saturated carbocycles. The fourth-order valence-electron chi connectivity index (χ4n) is 3.27. The molecule has 1 fully saturated rings. The number of anilines is 2. The van der Waals surface area contributed by atoms with E-state index >= 15 is 0 Å². The Kier molecular flexibility index (Phi) is 5.98. The van der Waals surface area contributed by atoms with Gasteiger partial charge < -0.3 is 15.1 Å². The Morgan fingerprint density at radius 3 is 2.77 bits per heavy atom. The third-order valence-corrected chi connectivity index (χ3v) is 6.31. The molecular weight excluding hydrogens is 431 g/mol. The lowest BCUT2D eigenvalue weighted by atomic mass is 10.3. The molecule has 2 aromatic heterocycles. The van der Waals surface area contributed by atoms with Crippen LogP contribution in [0.25, 0.3) is 10.3 Å². The Hall–Kier alpha value is -2.56. The number of thiazole rings is 1. The number of aromatic nitrogens is 3. The molecule has 158 valence electrons. The summed E-state index contributed by atoms with van der Waals surface area (Å²) < 4.78 is 15.5. The van der Waals surface area contributed by atoms with Crippen LogP contribution in [0, 0.1) is 5.82 Å². The van der Waals surface area contributed by atoms with Crippen molar-refractivity contribution >= 4 is 50.0 Å². The van der Waals surface area contributed by atoms with E-state index in [4.69, 9.17) is 11.6 Å². The third kappa shape index (κ3) is 4.30. The van der Waals surface area contributed by atoms with Crippen molar-refractivity contribution in [2.45, 2.75) is 13.5 Å². The first-order valence-corrected chi connectivity index (χ1v) is 10.7. The van der Waals surface area contributed by atoms with Crippen molar-refractivity contribution in [1.82, 2.24) is 19.4 Å². The number of piperazine rings is 1. The van der Waals surface area contributed by atoms with E-state index in [0.29, 0.717) is 10.3 Å². The van der Waals surface area contributed by atoms with Gasteiger partial charge in [0.25, 0.3) is 5.56 Å². The molecular formula is C19H20ClFN6O2S. The lowest BCUT2D eigenvalue weighted by molar-refractivity contribution is -0.116. The zero-order valence-electron chi connectivity index (χ0n) is 16.3. The molecule has 0 bridgehead atoms. The standard InChI is InChI=1S/C19H20ClFN6O2S/c1-2-25-5-7-26(8-6-25)19-24-17-16(30-19)18(29)27(11-22-17)10-15(28)23-14-4-3-12(20)9-13(14)21/h3-4,9,11H,2,5-8,10H2,1H3,(H,23,28). The molecule has 0 unspecified atom stereocenters. The Morgan fingerprint density at radius 2 is 2.07 bits per heavy atom. The summed E-state index contributed by atoms with van der Waals surface area (Å²) in [6.07, 6.45) is 1.29. The fraction of sp³-hybridized carbons (Fsp3) is 0.368. The van der Waals surface area contributed by atoms with Crippen molar-refractivity contribution in [2.75, 3.05) is 42.9 Å². The number of carbonyl (C=O) groups is 1. The number of rotatable bonds is 5. The van der Waals surface area contributed by atoms with Crippen LogP contribution in [0.2, 0.25) is 5.02 Å². The van der Waals surface area contributed by atoms with Gasteiger partial charge in [-0.05, 0) is 24.7 Å². The number of benzene rings is 1. The number of hydrogen-bond acceptors (Lipinski definition) is 7. The predicted molar refractivity (Wildman–Crippen MR) is 116 cm³/mol. The third-order valence-electron chi connectivity index (χ3n) is 4.98. The smallest absolute Gasteiger partial charge is 0.273 e. The number of fused-ring (bicyclic) bond motifs is 1. The fourth-order valence-corrected chi connectivity index (χ4v) is 4.45. The van der Waals surface area contributed by atoms with Crippen LogP contribution in [0.3, 0.4) is 0 Å². The summed E-state index contributed by atoms with van der Waals surface area (Å²) in [5, 5.41) is 3.43. The molecule has 0 atom stereocenters. The second kappa shape index (κ2) is 8.66. The molecule has 8 nitrogen and oxygen atoms in total. The normalized spacial score (nSPS) is 15.0. The van der Waals surface area contributed by atoms with Gasteiger partial charge in [0, 0.05) is 31.2 Å². The SMILES string of the molecule is CCN1CCN(c2nc3ncn(CC(=O)Nc4ccc(Cl)cc4F)c(=O)c3s2)CC1. The van der Waals surface area contributed by atoms with Gasteiger partial charge in [-0.3, -0.25) is 14.2 Å². The second-order valence-electron chi connectivity index (χ2n) is 6.92. The van der Waals surface area contributed by atoms with Crippen molar-refractivity contribution in [3.63, 3.8) is 0 Å². The highest BCUT2D eigenvalue weighted by Crippen LogP contribution is 2.26. The number of hydrogen-bond donors (Lipinski definition) is 1. The lowest BCUT2D eigenvalue weighted by Gasteiger charge is -2.33. The van der Waals surface area contributed by atoms with Gasteiger partial charge in [-0.25, -0.2) is 9.37 Å². The summed E-state index contributed by atoms with van der Waals surface area (Å²) in [6.45, 7) is 6.45. The number of carbonyl (C=O) groups excluding carboxylic acids is 1. The van der Waals surface area contributed by atoms with Crippen LogP contribution in [0.15, 0.2) is 29.3 Å². The molecule has 0 aliphatic carbocycles. The minimum absolute atomic E-state index is 0.00205. The van der Waals surface area contributed by atoms with Gasteiger partial charge in [-0.2, -0.15) is 4.98 Å². The highest BCUT2D eigenvalue weighted by atomic mass is 35.5. The average Bonchev–Trinajstić information content (AvgIpc) is 3.17. The summed E-state index contributed by atoms with van der Waals surface area (Å²) in [5.41, 5.74) is 0.0266. The molecule has 1 amide bonds. The predicted octanol–water partition coefficient (Wildman–Crippen LogP) is 2.43. The summed E-state index contributed by atoms with van der Waals surface area (Å²) in [7, 11) is 0. The van der Waals surface area contributed by atoms with Crippen molar-refractivity contribution in [3.05, 3.63) is 45.7 Å². The van der Waals surface area contributed by atoms with Crippen LogP contribution in [-0.4, -0.2) is 58.1 Å². The maximum Gasteiger partial charge on any atom is 0.273 e. The van der Waals surface area contributed by atoms with Gasteiger partial charge in [0.05, 0.1) is 5.69 Å². The summed E-state index contributed by atoms with van der Waals surface area (Å²) in [6, 6.07) is 3.95. The van der Waals surface area contributed by atoms with E-state index in [1.54, 1.807) is 0 Å². The van der Waals surface area contributed by atoms with E-state index in [1.165, 1.54) is 34.4 Å². The largest absolute Gasteiger partial charge is 0.345 e. The van der Waals surface area contributed by atoms with E-state index in [9.17, 15) is 14.0 Å². The minimum Gasteiger partial charge on any atom is -0.345 e. The zero-order chi connectivity index (χ0) is 21.3. The minimum atomic E-state index is -0.646. The lowest BCUT2D eigenvalue weighted by Crippen LogP contribution is -2.46. The molecule has 1 N–H and O–H groups in total. The Labute approximate surface area is 180 Å². The highest BCUT2D eigenvalue weighted by Gasteiger charge is 2.21. The molecule has 0 radical (unpaired) electrons. The first-order valence-electron chi connectivity index (χ1n) is 9.52. The van der Waals surface area contributed by atoms with Gasteiger partial charge >= 0.3 is 0 Å². The van der Waals surface area contributed by atoms with Crippen LogP contribution < -0.4 is 15.8 Å². The van der Waals surface area contributed by atoms with E-state index in [2.05, 4.69) is 32.0 Å². The first-order chi connectivity index (χ1) is 14.4. The number of likely N-dealkylation sites (N-methyl/N-ethyl adjacent to an activating group) is 1. The maximum atomic E-state index is 13.9. The molecule has 1 aliphatic rings. The molecule has 4 rings (SSSR count). The molecule has 30 heavy (non-hydrogen) atoms. The maximum absolute atomic E-state index is 13.9. The van der Waals surface area contributed by atoms with Crippen molar-refractivity contribution < 1.29 is 9.18 Å². The number of amides is 1. The molecule has 1 aromatic carbocycles. The van der Waals surface area contributed by atoms with Gasteiger partial charge in [0.15, 0.2) is 10.8 Å². The van der Waals surface area contributed by atoms with E-state index in [-0.39, 0.29) is 22.8 Å². The molecule has 0 spiro atoms. The summed E-state index contributed by atoms with van der Waals surface area (Å²) in [5.74, 6) is -1.19. The molecule has 11 heteroatoms. The van der Waals surface area contributed by atoms with Gasteiger partial charge in [-0.1, -0.05) is 29.9 Å². The Balaban J connectivity index is 1.50. The van der Waals surface area contributed by atoms with Crippen molar-refractivity contribution in [1.29, 1.82) is 0 Å². The van der Waals surface area contributed by atoms with Crippen LogP contribution in [0.4, 0.5) is 15.2 Å². The topological polar surface area (TPSA) is 83.4 Å². The Morgan fingerprint density at radius 1 is 1.30 bits per heavy atom. The number of halogens is 2. The summed E-state index contributed by atoms with van der Waals surface area (Å²) >= 11 is 7.00. The van der Waals surface area contributed by atoms with Crippen LogP contribution in [0.1, 0.15) is 6.92 Å². The van der Waals surface area contributed by atoms with Crippen LogP contribution in [-0.2, 0) is 11.3 Å². The van der Waals surface area contributed by atoms with Gasteiger partial charge in [0.1, 0.15) is 23.4 Å². The number of nitrogens with zero attached hydrogens (tertiary/aromatic N) is 5. The zero-order valence-corrected chi connectivity index (χ0v) is 17.8. The molecule has 3 aromatic rings. The molecule has 1 saturated heterocycles. The van der Waals surface area contributed by atoms with Gasteiger partial charge in [0.2, 0.25) is 5.91 Å². The van der Waals surface area contributed by atoms with Gasteiger partial charge in [-0.15, -0.1) is 0 Å². The van der Waals surface area contributed by atoms with E-state index in [0.717, 1.165) is 43.9 Å². The molecule has 1 aliphatic heterocycles. The van der Waals surface area contributed by atoms with Crippen LogP contribution in [0.5, 0.6) is 0 Å². The van der Waals surface area contributed by atoms with Crippen molar-refractivity contribution in [3.8, 4) is 0 Å². The first kappa shape index (κ1) is 20.7. The Bertz CT molecular complexity index is 1140. The summed E-state index contributed by atoms with van der Waals surface area (Å²) in [4.78, 5) is 38.3. The second-order valence-corrected chi connectivity index (χ2v) is 8.33. The van der Waals surface area contributed by atoms with E-state index < -0.39 is 11.7 Å². The number of nitrogens with one attached hydrogen (secondary N) is 1. The quantitative estimate of drug-likeness (QED) is 0.642. The highest BCUT2D eigenvalue weighted by molar-refractivity contribution is 7.22. The average molecular weight is 451 g/mol. The van der Waals surface area contributed by atoms with Crippen molar-refractivity contribution in [2.24, 2.45) is 0 Å².